The van der Waals surface area contributed by atoms with Crippen molar-refractivity contribution in [1.82, 2.24) is 10.3 Å². The topological polar surface area (TPSA) is 24.9 Å². The van der Waals surface area contributed by atoms with Crippen molar-refractivity contribution in [2.75, 3.05) is 6.54 Å². The van der Waals surface area contributed by atoms with E-state index in [0.29, 0.717) is 5.56 Å². The molecule has 2 aromatic rings. The van der Waals surface area contributed by atoms with Crippen LogP contribution in [0.2, 0.25) is 0 Å². The van der Waals surface area contributed by atoms with Crippen molar-refractivity contribution in [2.45, 2.75) is 19.4 Å². The first-order valence-corrected chi connectivity index (χ1v) is 6.55. The Morgan fingerprint density at radius 3 is 2.88 bits per heavy atom. The van der Waals surface area contributed by atoms with Crippen LogP contribution in [-0.4, -0.2) is 11.5 Å². The fourth-order valence-corrected chi connectivity index (χ4v) is 2.49. The lowest BCUT2D eigenvalue weighted by molar-refractivity contribution is 0.509. The van der Waals surface area contributed by atoms with E-state index in [1.165, 1.54) is 6.07 Å². The predicted octanol–water partition coefficient (Wildman–Crippen LogP) is 3.18. The second kappa shape index (κ2) is 5.89. The molecule has 1 aromatic carbocycles. The summed E-state index contributed by atoms with van der Waals surface area (Å²) in [6.07, 6.45) is 2.51. The highest BCUT2D eigenvalue weighted by Crippen LogP contribution is 2.21. The highest BCUT2D eigenvalue weighted by molar-refractivity contribution is 7.09. The molecule has 1 atom stereocenters. The normalized spacial score (nSPS) is 12.6. The molecule has 0 bridgehead atoms. The average Bonchev–Trinajstić information content (AvgIpc) is 2.82. The molecule has 1 heterocycles. The van der Waals surface area contributed by atoms with E-state index in [-0.39, 0.29) is 11.9 Å². The monoisotopic (exact) mass is 250 g/mol. The summed E-state index contributed by atoms with van der Waals surface area (Å²) in [5, 5.41) is 6.28. The molecule has 4 heteroatoms. The van der Waals surface area contributed by atoms with E-state index in [1.807, 2.05) is 24.4 Å². The minimum atomic E-state index is -0.157. The number of benzene rings is 1. The lowest BCUT2D eigenvalue weighted by atomic mass is 10.0. The van der Waals surface area contributed by atoms with Gasteiger partial charge in [-0.2, -0.15) is 0 Å². The zero-order valence-corrected chi connectivity index (χ0v) is 10.5. The van der Waals surface area contributed by atoms with Gasteiger partial charge in [0.05, 0.1) is 5.01 Å². The summed E-state index contributed by atoms with van der Waals surface area (Å²) < 4.78 is 13.7. The maximum absolute atomic E-state index is 13.7. The Morgan fingerprint density at radius 2 is 2.24 bits per heavy atom. The first-order valence-electron chi connectivity index (χ1n) is 5.67. The molecule has 0 saturated carbocycles. The molecule has 1 unspecified atom stereocenters. The molecule has 1 aromatic heterocycles. The lowest BCUT2D eigenvalue weighted by Gasteiger charge is -2.17. The molecule has 0 saturated heterocycles. The van der Waals surface area contributed by atoms with Crippen LogP contribution in [0.5, 0.6) is 0 Å². The number of hydrogen-bond acceptors (Lipinski definition) is 3. The van der Waals surface area contributed by atoms with E-state index >= 15 is 0 Å². The first kappa shape index (κ1) is 12.2. The highest BCUT2D eigenvalue weighted by Gasteiger charge is 2.15. The molecule has 0 aliphatic rings. The Morgan fingerprint density at radius 1 is 1.41 bits per heavy atom. The Hall–Kier alpha value is -1.26. The van der Waals surface area contributed by atoms with Crippen LogP contribution in [0.25, 0.3) is 0 Å². The standard InChI is InChI=1S/C13H15FN2S/c1-2-15-12(9-13-16-7-8-17-13)10-5-3-4-6-11(10)14/h3-8,12,15H,2,9H2,1H3. The fraction of sp³-hybridized carbons (Fsp3) is 0.308. The molecular weight excluding hydrogens is 235 g/mol. The summed E-state index contributed by atoms with van der Waals surface area (Å²) in [6, 6.07) is 6.90. The van der Waals surface area contributed by atoms with Crippen LogP contribution in [0, 0.1) is 5.82 Å². The minimum Gasteiger partial charge on any atom is -0.310 e. The summed E-state index contributed by atoms with van der Waals surface area (Å²) in [6.45, 7) is 2.83. The number of aromatic nitrogens is 1. The molecule has 0 aliphatic heterocycles. The maximum atomic E-state index is 13.7. The van der Waals surface area contributed by atoms with Gasteiger partial charge in [-0.15, -0.1) is 11.3 Å². The molecule has 0 fully saturated rings. The molecule has 1 N–H and O–H groups in total. The zero-order valence-electron chi connectivity index (χ0n) is 9.69. The third-order valence-corrected chi connectivity index (χ3v) is 3.40. The number of halogens is 1. The number of likely N-dealkylation sites (N-methyl/N-ethyl adjacent to an activating group) is 1. The molecule has 0 spiro atoms. The number of hydrogen-bond donors (Lipinski definition) is 1. The average molecular weight is 250 g/mol. The van der Waals surface area contributed by atoms with Crippen molar-refractivity contribution >= 4 is 11.3 Å². The Bertz CT molecular complexity index is 456. The van der Waals surface area contributed by atoms with Crippen LogP contribution in [-0.2, 0) is 6.42 Å². The van der Waals surface area contributed by atoms with E-state index in [4.69, 9.17) is 0 Å². The lowest BCUT2D eigenvalue weighted by Crippen LogP contribution is -2.23. The van der Waals surface area contributed by atoms with Gasteiger partial charge < -0.3 is 5.32 Å². The van der Waals surface area contributed by atoms with Crippen molar-refractivity contribution in [1.29, 1.82) is 0 Å². The molecule has 90 valence electrons. The number of nitrogens with zero attached hydrogens (tertiary/aromatic N) is 1. The number of rotatable bonds is 5. The third-order valence-electron chi connectivity index (χ3n) is 2.59. The van der Waals surface area contributed by atoms with Crippen molar-refractivity contribution in [3.05, 3.63) is 52.2 Å². The second-order valence-corrected chi connectivity index (χ2v) is 4.74. The van der Waals surface area contributed by atoms with Crippen LogP contribution >= 0.6 is 11.3 Å². The summed E-state index contributed by atoms with van der Waals surface area (Å²) in [5.74, 6) is -0.157. The summed E-state index contributed by atoms with van der Waals surface area (Å²) in [7, 11) is 0. The van der Waals surface area contributed by atoms with Crippen LogP contribution in [0.4, 0.5) is 4.39 Å². The van der Waals surface area contributed by atoms with E-state index in [9.17, 15) is 4.39 Å². The van der Waals surface area contributed by atoms with Crippen molar-refractivity contribution in [3.8, 4) is 0 Å². The molecule has 17 heavy (non-hydrogen) atoms. The van der Waals surface area contributed by atoms with Gasteiger partial charge in [0.15, 0.2) is 0 Å². The Labute approximate surface area is 105 Å². The molecule has 0 amide bonds. The van der Waals surface area contributed by atoms with Crippen LogP contribution in [0.3, 0.4) is 0 Å². The van der Waals surface area contributed by atoms with Gasteiger partial charge >= 0.3 is 0 Å². The summed E-state index contributed by atoms with van der Waals surface area (Å²) in [5.41, 5.74) is 0.713. The van der Waals surface area contributed by atoms with Gasteiger partial charge in [-0.3, -0.25) is 0 Å². The van der Waals surface area contributed by atoms with E-state index < -0.39 is 0 Å². The van der Waals surface area contributed by atoms with Crippen molar-refractivity contribution < 1.29 is 4.39 Å². The number of nitrogens with one attached hydrogen (secondary N) is 1. The molecule has 0 radical (unpaired) electrons. The van der Waals surface area contributed by atoms with Crippen molar-refractivity contribution in [3.63, 3.8) is 0 Å². The Kier molecular flexibility index (Phi) is 4.23. The maximum Gasteiger partial charge on any atom is 0.127 e. The van der Waals surface area contributed by atoms with Gasteiger partial charge in [-0.25, -0.2) is 9.37 Å². The summed E-state index contributed by atoms with van der Waals surface area (Å²) >= 11 is 1.60. The molecular formula is C13H15FN2S. The quantitative estimate of drug-likeness (QED) is 0.881. The smallest absolute Gasteiger partial charge is 0.127 e. The van der Waals surface area contributed by atoms with E-state index in [1.54, 1.807) is 23.6 Å². The van der Waals surface area contributed by atoms with Crippen molar-refractivity contribution in [2.24, 2.45) is 0 Å². The zero-order chi connectivity index (χ0) is 12.1. The molecule has 2 rings (SSSR count). The largest absolute Gasteiger partial charge is 0.310 e. The second-order valence-electron chi connectivity index (χ2n) is 3.76. The van der Waals surface area contributed by atoms with E-state index in [2.05, 4.69) is 10.3 Å². The highest BCUT2D eigenvalue weighted by atomic mass is 32.1. The minimum absolute atomic E-state index is 0.00708. The van der Waals surface area contributed by atoms with E-state index in [0.717, 1.165) is 18.0 Å². The third kappa shape index (κ3) is 3.11. The van der Waals surface area contributed by atoms with Gasteiger partial charge in [-0.1, -0.05) is 25.1 Å². The van der Waals surface area contributed by atoms with Gasteiger partial charge in [0.25, 0.3) is 0 Å². The molecule has 2 nitrogen and oxygen atoms in total. The van der Waals surface area contributed by atoms with Gasteiger partial charge in [0, 0.05) is 29.6 Å². The summed E-state index contributed by atoms with van der Waals surface area (Å²) in [4.78, 5) is 4.25. The number of thiazole rings is 1. The van der Waals surface area contributed by atoms with Crippen LogP contribution in [0.15, 0.2) is 35.8 Å². The SMILES string of the molecule is CCNC(Cc1nccs1)c1ccccc1F. The van der Waals surface area contributed by atoms with Gasteiger partial charge in [-0.05, 0) is 12.6 Å². The molecule has 0 aliphatic carbocycles. The predicted molar refractivity (Wildman–Crippen MR) is 68.6 cm³/mol. The van der Waals surface area contributed by atoms with Crippen LogP contribution in [0.1, 0.15) is 23.5 Å². The first-order chi connectivity index (χ1) is 8.31. The fourth-order valence-electron chi connectivity index (χ4n) is 1.82. The van der Waals surface area contributed by atoms with Crippen LogP contribution < -0.4 is 5.32 Å². The Balaban J connectivity index is 2.20. The van der Waals surface area contributed by atoms with Gasteiger partial charge in [0.2, 0.25) is 0 Å². The van der Waals surface area contributed by atoms with Gasteiger partial charge in [0.1, 0.15) is 5.82 Å².